The predicted molar refractivity (Wildman–Crippen MR) is 61.9 cm³/mol. The average molecular weight is 221 g/mol. The van der Waals surface area contributed by atoms with Gasteiger partial charge >= 0.3 is 0 Å². The van der Waals surface area contributed by atoms with Crippen molar-refractivity contribution in [3.05, 3.63) is 18.2 Å². The highest BCUT2D eigenvalue weighted by Crippen LogP contribution is 2.38. The molecular formula is C12H19N3O. The van der Waals surface area contributed by atoms with E-state index >= 15 is 0 Å². The van der Waals surface area contributed by atoms with Crippen LogP contribution < -0.4 is 5.73 Å². The summed E-state index contributed by atoms with van der Waals surface area (Å²) in [4.78, 5) is 16.5. The van der Waals surface area contributed by atoms with Crippen molar-refractivity contribution in [3.8, 4) is 0 Å². The van der Waals surface area contributed by atoms with Crippen molar-refractivity contribution in [2.24, 2.45) is 18.2 Å². The molecule has 4 heteroatoms. The third kappa shape index (κ3) is 1.89. The number of nitrogens with zero attached hydrogens (tertiary/aromatic N) is 2. The van der Waals surface area contributed by atoms with E-state index in [1.165, 1.54) is 0 Å². The van der Waals surface area contributed by atoms with Crippen molar-refractivity contribution in [1.82, 2.24) is 9.55 Å². The van der Waals surface area contributed by atoms with Crippen molar-refractivity contribution in [1.29, 1.82) is 0 Å². The quantitative estimate of drug-likeness (QED) is 0.826. The summed E-state index contributed by atoms with van der Waals surface area (Å²) in [6.45, 7) is 0.482. The van der Waals surface area contributed by atoms with E-state index in [0.717, 1.165) is 31.5 Å². The SMILES string of the molecule is Cn1ccnc1CC(=O)C1(CN)CCCC1. The number of imidazole rings is 1. The van der Waals surface area contributed by atoms with E-state index < -0.39 is 0 Å². The maximum atomic E-state index is 12.3. The van der Waals surface area contributed by atoms with Gasteiger partial charge in [0, 0.05) is 31.4 Å². The van der Waals surface area contributed by atoms with Gasteiger partial charge in [0.05, 0.1) is 6.42 Å². The lowest BCUT2D eigenvalue weighted by Crippen LogP contribution is -2.37. The number of ketones is 1. The van der Waals surface area contributed by atoms with Gasteiger partial charge in [-0.05, 0) is 12.8 Å². The molecule has 0 unspecified atom stereocenters. The van der Waals surface area contributed by atoms with Crippen LogP contribution in [0.5, 0.6) is 0 Å². The van der Waals surface area contributed by atoms with Crippen LogP contribution in [0.1, 0.15) is 31.5 Å². The zero-order valence-corrected chi connectivity index (χ0v) is 9.78. The summed E-state index contributed by atoms with van der Waals surface area (Å²) < 4.78 is 1.90. The van der Waals surface area contributed by atoms with E-state index in [0.29, 0.717) is 13.0 Å². The Morgan fingerprint density at radius 1 is 1.56 bits per heavy atom. The molecule has 2 rings (SSSR count). The first kappa shape index (κ1) is 11.3. The zero-order valence-electron chi connectivity index (χ0n) is 9.78. The number of aryl methyl sites for hydroxylation is 1. The number of rotatable bonds is 4. The molecule has 0 radical (unpaired) electrons. The Morgan fingerprint density at radius 2 is 2.25 bits per heavy atom. The Morgan fingerprint density at radius 3 is 2.75 bits per heavy atom. The van der Waals surface area contributed by atoms with Gasteiger partial charge in [-0.3, -0.25) is 4.79 Å². The Hall–Kier alpha value is -1.16. The minimum atomic E-state index is -0.258. The number of carbonyl (C=O) groups excluding carboxylic acids is 1. The molecule has 1 aromatic heterocycles. The van der Waals surface area contributed by atoms with Crippen molar-refractivity contribution in [2.45, 2.75) is 32.1 Å². The first-order valence-corrected chi connectivity index (χ1v) is 5.87. The highest BCUT2D eigenvalue weighted by Gasteiger charge is 2.39. The third-order valence-electron chi connectivity index (χ3n) is 3.78. The molecule has 1 saturated carbocycles. The Labute approximate surface area is 95.9 Å². The van der Waals surface area contributed by atoms with Crippen LogP contribution in [0.25, 0.3) is 0 Å². The van der Waals surface area contributed by atoms with Gasteiger partial charge in [0.25, 0.3) is 0 Å². The molecule has 4 nitrogen and oxygen atoms in total. The minimum absolute atomic E-state index is 0.258. The molecule has 0 atom stereocenters. The van der Waals surface area contributed by atoms with Crippen LogP contribution in [0.15, 0.2) is 12.4 Å². The second kappa shape index (κ2) is 4.37. The molecule has 0 bridgehead atoms. The standard InChI is InChI=1S/C12H19N3O/c1-15-7-6-14-11(15)8-10(16)12(9-13)4-2-3-5-12/h6-7H,2-5,8-9,13H2,1H3. The molecule has 1 aliphatic rings. The van der Waals surface area contributed by atoms with E-state index in [4.69, 9.17) is 5.73 Å². The van der Waals surface area contributed by atoms with Gasteiger partial charge in [-0.1, -0.05) is 12.8 Å². The third-order valence-corrected chi connectivity index (χ3v) is 3.78. The van der Waals surface area contributed by atoms with Gasteiger partial charge in [0.1, 0.15) is 11.6 Å². The minimum Gasteiger partial charge on any atom is -0.338 e. The second-order valence-corrected chi connectivity index (χ2v) is 4.75. The fourth-order valence-corrected chi connectivity index (χ4v) is 2.55. The molecule has 0 aliphatic heterocycles. The van der Waals surface area contributed by atoms with Crippen LogP contribution in [0, 0.1) is 5.41 Å². The summed E-state index contributed by atoms with van der Waals surface area (Å²) in [6, 6.07) is 0. The molecule has 1 heterocycles. The summed E-state index contributed by atoms with van der Waals surface area (Å²) in [6.07, 6.45) is 8.17. The molecule has 0 saturated heterocycles. The Bertz CT molecular complexity index is 377. The summed E-state index contributed by atoms with van der Waals surface area (Å²) >= 11 is 0. The molecule has 16 heavy (non-hydrogen) atoms. The van der Waals surface area contributed by atoms with Gasteiger partial charge in [-0.15, -0.1) is 0 Å². The first-order valence-electron chi connectivity index (χ1n) is 5.87. The molecule has 0 spiro atoms. The first-order chi connectivity index (χ1) is 7.68. The van der Waals surface area contributed by atoms with Crippen molar-refractivity contribution < 1.29 is 4.79 Å². The van der Waals surface area contributed by atoms with E-state index in [9.17, 15) is 4.79 Å². The van der Waals surface area contributed by atoms with Crippen molar-refractivity contribution in [2.75, 3.05) is 6.54 Å². The highest BCUT2D eigenvalue weighted by atomic mass is 16.1. The van der Waals surface area contributed by atoms with Gasteiger partial charge in [0.2, 0.25) is 0 Å². The van der Waals surface area contributed by atoms with Crippen LogP contribution >= 0.6 is 0 Å². The maximum absolute atomic E-state index is 12.3. The Balaban J connectivity index is 2.10. The number of nitrogens with two attached hydrogens (primary N) is 1. The lowest BCUT2D eigenvalue weighted by molar-refractivity contribution is -0.127. The smallest absolute Gasteiger partial charge is 0.147 e. The number of aromatic nitrogens is 2. The van der Waals surface area contributed by atoms with Gasteiger partial charge in [-0.25, -0.2) is 4.98 Å². The number of Topliss-reactive ketones (excluding diaryl/α,β-unsaturated/α-hetero) is 1. The lowest BCUT2D eigenvalue weighted by Gasteiger charge is -2.25. The molecule has 1 fully saturated rings. The molecule has 0 amide bonds. The van der Waals surface area contributed by atoms with Crippen LogP contribution in [-0.4, -0.2) is 21.9 Å². The van der Waals surface area contributed by atoms with Crippen molar-refractivity contribution in [3.63, 3.8) is 0 Å². The van der Waals surface area contributed by atoms with E-state index in [2.05, 4.69) is 4.98 Å². The number of hydrogen-bond donors (Lipinski definition) is 1. The topological polar surface area (TPSA) is 60.9 Å². The number of carbonyl (C=O) groups is 1. The van der Waals surface area contributed by atoms with Crippen LogP contribution in [0.3, 0.4) is 0 Å². The maximum Gasteiger partial charge on any atom is 0.147 e. The van der Waals surface area contributed by atoms with Gasteiger partial charge in [0.15, 0.2) is 0 Å². The summed E-state index contributed by atoms with van der Waals surface area (Å²) in [5.74, 6) is 1.10. The fraction of sp³-hybridized carbons (Fsp3) is 0.667. The molecule has 0 aromatic carbocycles. The highest BCUT2D eigenvalue weighted by molar-refractivity contribution is 5.86. The molecule has 2 N–H and O–H groups in total. The second-order valence-electron chi connectivity index (χ2n) is 4.75. The molecule has 1 aliphatic carbocycles. The average Bonchev–Trinajstić information content (AvgIpc) is 2.89. The van der Waals surface area contributed by atoms with Crippen LogP contribution in [0.4, 0.5) is 0 Å². The van der Waals surface area contributed by atoms with Gasteiger partial charge < -0.3 is 10.3 Å². The fourth-order valence-electron chi connectivity index (χ4n) is 2.55. The predicted octanol–water partition coefficient (Wildman–Crippen LogP) is 1.05. The zero-order chi connectivity index (χ0) is 11.6. The van der Waals surface area contributed by atoms with Crippen LogP contribution in [0.2, 0.25) is 0 Å². The Kier molecular flexibility index (Phi) is 3.10. The van der Waals surface area contributed by atoms with E-state index in [-0.39, 0.29) is 11.2 Å². The molecule has 1 aromatic rings. The summed E-state index contributed by atoms with van der Waals surface area (Å²) in [5.41, 5.74) is 5.53. The largest absolute Gasteiger partial charge is 0.338 e. The number of hydrogen-bond acceptors (Lipinski definition) is 3. The van der Waals surface area contributed by atoms with E-state index in [1.807, 2.05) is 17.8 Å². The summed E-state index contributed by atoms with van der Waals surface area (Å²) in [5, 5.41) is 0. The van der Waals surface area contributed by atoms with E-state index in [1.54, 1.807) is 6.20 Å². The normalized spacial score (nSPS) is 18.9. The summed E-state index contributed by atoms with van der Waals surface area (Å²) in [7, 11) is 1.92. The molecular weight excluding hydrogens is 202 g/mol. The van der Waals surface area contributed by atoms with Crippen molar-refractivity contribution >= 4 is 5.78 Å². The molecule has 88 valence electrons. The monoisotopic (exact) mass is 221 g/mol. The lowest BCUT2D eigenvalue weighted by atomic mass is 9.80. The van der Waals surface area contributed by atoms with Crippen LogP contribution in [-0.2, 0) is 18.3 Å². The van der Waals surface area contributed by atoms with Gasteiger partial charge in [-0.2, -0.15) is 0 Å².